The van der Waals surface area contributed by atoms with Gasteiger partial charge in [-0.15, -0.1) is 16.4 Å². The zero-order chi connectivity index (χ0) is 30.9. The summed E-state index contributed by atoms with van der Waals surface area (Å²) in [6, 6.07) is 13.4. The van der Waals surface area contributed by atoms with E-state index in [-0.39, 0.29) is 11.7 Å². The monoisotopic (exact) mass is 613 g/mol. The number of amides is 1. The van der Waals surface area contributed by atoms with Crippen molar-refractivity contribution in [2.45, 2.75) is 39.1 Å². The first kappa shape index (κ1) is 30.2. The maximum absolute atomic E-state index is 12.9. The van der Waals surface area contributed by atoms with Crippen molar-refractivity contribution in [2.24, 2.45) is 0 Å². The van der Waals surface area contributed by atoms with E-state index in [0.29, 0.717) is 55.2 Å². The first-order chi connectivity index (χ1) is 20.2. The van der Waals surface area contributed by atoms with Gasteiger partial charge in [0.1, 0.15) is 11.3 Å². The fraction of sp³-hybridized carbons (Fsp3) is 0.333. The van der Waals surface area contributed by atoms with E-state index in [1.54, 1.807) is 34.6 Å². The molecule has 9 nitrogen and oxygen atoms in total. The van der Waals surface area contributed by atoms with Crippen LogP contribution in [0, 0.1) is 0 Å². The lowest BCUT2D eigenvalue weighted by Crippen LogP contribution is -2.49. The fourth-order valence-corrected chi connectivity index (χ4v) is 5.65. The summed E-state index contributed by atoms with van der Waals surface area (Å²) in [5, 5.41) is 18.0. The van der Waals surface area contributed by atoms with Gasteiger partial charge in [0, 0.05) is 48.0 Å². The summed E-state index contributed by atoms with van der Waals surface area (Å²) in [6.07, 6.45) is -3.20. The largest absolute Gasteiger partial charge is 0.478 e. The van der Waals surface area contributed by atoms with Crippen LogP contribution >= 0.6 is 11.3 Å². The number of carbonyl (C=O) groups is 2. The second-order valence-electron chi connectivity index (χ2n) is 11.2. The Morgan fingerprint density at radius 2 is 1.65 bits per heavy atom. The molecule has 0 saturated carbocycles. The summed E-state index contributed by atoms with van der Waals surface area (Å²) in [4.78, 5) is 30.2. The normalized spacial score (nSPS) is 14.6. The van der Waals surface area contributed by atoms with E-state index in [1.165, 1.54) is 22.9 Å². The van der Waals surface area contributed by atoms with Crippen LogP contribution in [0.25, 0.3) is 27.4 Å². The molecule has 226 valence electrons. The van der Waals surface area contributed by atoms with Crippen LogP contribution < -0.4 is 0 Å². The van der Waals surface area contributed by atoms with Gasteiger partial charge in [0.15, 0.2) is 0 Å². The number of rotatable bonds is 6. The first-order valence-electron chi connectivity index (χ1n) is 13.5. The van der Waals surface area contributed by atoms with Gasteiger partial charge in [-0.05, 0) is 68.8 Å². The third kappa shape index (κ3) is 7.41. The van der Waals surface area contributed by atoms with E-state index in [1.807, 2.05) is 32.9 Å². The molecule has 4 aromatic rings. The molecule has 2 aromatic carbocycles. The molecule has 1 aliphatic heterocycles. The molecular formula is C30H30F3N5O4S. The van der Waals surface area contributed by atoms with E-state index in [4.69, 9.17) is 4.74 Å². The molecule has 1 fully saturated rings. The Morgan fingerprint density at radius 3 is 2.28 bits per heavy atom. The summed E-state index contributed by atoms with van der Waals surface area (Å²) in [6.45, 7) is 8.79. The van der Waals surface area contributed by atoms with Crippen molar-refractivity contribution < 1.29 is 32.6 Å². The van der Waals surface area contributed by atoms with Gasteiger partial charge in [-0.25, -0.2) is 14.3 Å². The number of carboxylic acids is 1. The third-order valence-electron chi connectivity index (χ3n) is 6.78. The van der Waals surface area contributed by atoms with Gasteiger partial charge in [0.2, 0.25) is 0 Å². The molecule has 3 heterocycles. The Morgan fingerprint density at radius 1 is 0.953 bits per heavy atom. The molecule has 13 heteroatoms. The van der Waals surface area contributed by atoms with Crippen LogP contribution in [0.3, 0.4) is 0 Å². The second kappa shape index (κ2) is 11.8. The summed E-state index contributed by atoms with van der Waals surface area (Å²) < 4.78 is 45.7. The topological polar surface area (TPSA) is 101 Å². The minimum Gasteiger partial charge on any atom is -0.478 e. The van der Waals surface area contributed by atoms with Crippen molar-refractivity contribution >= 4 is 23.4 Å². The molecule has 1 amide bonds. The van der Waals surface area contributed by atoms with Gasteiger partial charge in [-0.3, -0.25) is 4.90 Å². The number of benzene rings is 2. The minimum absolute atomic E-state index is 0.0623. The van der Waals surface area contributed by atoms with Crippen molar-refractivity contribution in [2.75, 3.05) is 26.2 Å². The predicted molar refractivity (Wildman–Crippen MR) is 155 cm³/mol. The number of piperazine rings is 1. The third-order valence-corrected chi connectivity index (χ3v) is 7.90. The van der Waals surface area contributed by atoms with Crippen molar-refractivity contribution in [1.82, 2.24) is 24.8 Å². The average molecular weight is 614 g/mol. The number of ether oxygens (including phenoxy) is 1. The van der Waals surface area contributed by atoms with E-state index in [0.717, 1.165) is 21.9 Å². The zero-order valence-corrected chi connectivity index (χ0v) is 24.6. The van der Waals surface area contributed by atoms with Crippen LogP contribution in [0.5, 0.6) is 0 Å². The number of halogens is 3. The molecule has 2 aromatic heterocycles. The first-order valence-corrected chi connectivity index (χ1v) is 14.3. The highest BCUT2D eigenvalue weighted by atomic mass is 32.1. The number of aromatic carboxylic acids is 1. The van der Waals surface area contributed by atoms with E-state index < -0.39 is 23.3 Å². The van der Waals surface area contributed by atoms with Crippen LogP contribution in [-0.4, -0.2) is 73.7 Å². The lowest BCUT2D eigenvalue weighted by atomic mass is 10.1. The smallest absolute Gasteiger partial charge is 0.416 e. The van der Waals surface area contributed by atoms with Gasteiger partial charge in [0.25, 0.3) is 0 Å². The van der Waals surface area contributed by atoms with Crippen LogP contribution in [0.1, 0.15) is 41.6 Å². The van der Waals surface area contributed by atoms with Crippen molar-refractivity contribution in [3.63, 3.8) is 0 Å². The SMILES string of the molecule is CC(C)(C)OC(=O)N1CCN(Cc2ccc(-c3cc(C(=O)O)cc(-n4cc(-c5ccc(C(F)(F)F)cc5)nn4)c3)s2)CC1. The Labute approximate surface area is 250 Å². The van der Waals surface area contributed by atoms with E-state index in [9.17, 15) is 27.9 Å². The van der Waals surface area contributed by atoms with E-state index >= 15 is 0 Å². The molecule has 1 aliphatic rings. The van der Waals surface area contributed by atoms with Gasteiger partial charge < -0.3 is 14.7 Å². The number of thiophene rings is 1. The summed E-state index contributed by atoms with van der Waals surface area (Å²) in [5.74, 6) is -1.11. The fourth-order valence-electron chi connectivity index (χ4n) is 4.61. The molecule has 0 bridgehead atoms. The molecule has 0 unspecified atom stereocenters. The van der Waals surface area contributed by atoms with Gasteiger partial charge in [-0.1, -0.05) is 17.3 Å². The number of nitrogens with zero attached hydrogens (tertiary/aromatic N) is 5. The lowest BCUT2D eigenvalue weighted by molar-refractivity contribution is -0.137. The highest BCUT2D eigenvalue weighted by molar-refractivity contribution is 7.15. The van der Waals surface area contributed by atoms with Crippen molar-refractivity contribution in [1.29, 1.82) is 0 Å². The van der Waals surface area contributed by atoms with E-state index in [2.05, 4.69) is 15.2 Å². The highest BCUT2D eigenvalue weighted by Gasteiger charge is 2.30. The number of carbonyl (C=O) groups excluding carboxylic acids is 1. The molecule has 1 saturated heterocycles. The zero-order valence-electron chi connectivity index (χ0n) is 23.8. The maximum atomic E-state index is 12.9. The Balaban J connectivity index is 1.30. The minimum atomic E-state index is -4.44. The number of hydrogen-bond donors (Lipinski definition) is 1. The molecule has 5 rings (SSSR count). The highest BCUT2D eigenvalue weighted by Crippen LogP contribution is 2.33. The Bertz CT molecular complexity index is 1620. The van der Waals surface area contributed by atoms with Crippen LogP contribution in [0.2, 0.25) is 0 Å². The van der Waals surface area contributed by atoms with Gasteiger partial charge in [0.05, 0.1) is 23.0 Å². The molecule has 0 spiro atoms. The summed E-state index contributed by atoms with van der Waals surface area (Å²) in [5.41, 5.74) is 0.695. The number of alkyl halides is 3. The number of hydrogen-bond acceptors (Lipinski definition) is 7. The quantitative estimate of drug-likeness (QED) is 0.267. The molecule has 1 N–H and O–H groups in total. The van der Waals surface area contributed by atoms with Crippen LogP contribution in [0.4, 0.5) is 18.0 Å². The molecule has 43 heavy (non-hydrogen) atoms. The van der Waals surface area contributed by atoms with Crippen molar-refractivity contribution in [3.05, 3.63) is 76.8 Å². The molecule has 0 aliphatic carbocycles. The molecular weight excluding hydrogens is 583 g/mol. The Hall–Kier alpha value is -4.23. The Kier molecular flexibility index (Phi) is 8.30. The lowest BCUT2D eigenvalue weighted by Gasteiger charge is -2.35. The van der Waals surface area contributed by atoms with Crippen LogP contribution in [-0.2, 0) is 17.5 Å². The standard InChI is InChI=1S/C30H30F3N5O4S/c1-29(2,3)42-28(41)37-12-10-36(11-13-37)17-24-8-9-26(43-24)20-14-21(27(39)40)16-23(15-20)38-18-25(34-35-38)19-4-6-22(7-5-19)30(31,32)33/h4-9,14-16,18H,10-13,17H2,1-3H3,(H,39,40). The average Bonchev–Trinajstić information content (AvgIpc) is 3.62. The van der Waals surface area contributed by atoms with Crippen molar-refractivity contribution in [3.8, 4) is 27.4 Å². The molecule has 0 atom stereocenters. The maximum Gasteiger partial charge on any atom is 0.416 e. The molecule has 0 radical (unpaired) electrons. The number of aromatic nitrogens is 3. The second-order valence-corrected chi connectivity index (χ2v) is 12.4. The summed E-state index contributed by atoms with van der Waals surface area (Å²) in [7, 11) is 0. The van der Waals surface area contributed by atoms with Gasteiger partial charge >= 0.3 is 18.2 Å². The predicted octanol–water partition coefficient (Wildman–Crippen LogP) is 6.43. The van der Waals surface area contributed by atoms with Gasteiger partial charge in [-0.2, -0.15) is 13.2 Å². The van der Waals surface area contributed by atoms with Crippen LogP contribution in [0.15, 0.2) is 60.8 Å². The summed E-state index contributed by atoms with van der Waals surface area (Å²) >= 11 is 1.55. The number of carboxylic acid groups (broad SMARTS) is 1.